The summed E-state index contributed by atoms with van der Waals surface area (Å²) in [6, 6.07) is 5.57. The number of carbonyl (C=O) groups excluding carboxylic acids is 1. The Bertz CT molecular complexity index is 305. The van der Waals surface area contributed by atoms with Crippen LogP contribution < -0.4 is 5.32 Å². The first-order valence-corrected chi connectivity index (χ1v) is 3.80. The minimum absolute atomic E-state index is 0.0463. The fourth-order valence-corrected chi connectivity index (χ4v) is 1.22. The van der Waals surface area contributed by atoms with Gasteiger partial charge in [0.15, 0.2) is 5.78 Å². The fraction of sp³-hybridized carbons (Fsp3) is 0.200. The Hall–Kier alpha value is -1.31. The monoisotopic (exact) mass is 162 g/mol. The molecule has 0 amide bonds. The SMILES string of the molecule is [CH2]c1cccc(NC)c1C(C)=O. The van der Waals surface area contributed by atoms with Gasteiger partial charge in [-0.05, 0) is 25.5 Å². The Balaban J connectivity index is 3.29. The zero-order valence-corrected chi connectivity index (χ0v) is 7.35. The Labute approximate surface area is 72.6 Å². The van der Waals surface area contributed by atoms with Crippen molar-refractivity contribution in [2.75, 3.05) is 12.4 Å². The molecule has 0 aliphatic rings. The van der Waals surface area contributed by atoms with Gasteiger partial charge < -0.3 is 5.32 Å². The Morgan fingerprint density at radius 3 is 2.58 bits per heavy atom. The summed E-state index contributed by atoms with van der Waals surface area (Å²) in [7, 11) is 1.79. The highest BCUT2D eigenvalue weighted by atomic mass is 16.1. The van der Waals surface area contributed by atoms with E-state index in [4.69, 9.17) is 0 Å². The quantitative estimate of drug-likeness (QED) is 0.675. The standard InChI is InChI=1S/C10H12NO/c1-7-5-4-6-9(11-3)10(7)8(2)12/h4-6,11H,1H2,2-3H3. The van der Waals surface area contributed by atoms with Crippen LogP contribution in [0.2, 0.25) is 0 Å². The summed E-state index contributed by atoms with van der Waals surface area (Å²) in [4.78, 5) is 11.2. The molecule has 0 atom stereocenters. The first-order chi connectivity index (χ1) is 5.66. The fourth-order valence-electron chi connectivity index (χ4n) is 1.22. The summed E-state index contributed by atoms with van der Waals surface area (Å²) in [5.41, 5.74) is 2.30. The van der Waals surface area contributed by atoms with Crippen molar-refractivity contribution in [1.29, 1.82) is 0 Å². The summed E-state index contributed by atoms with van der Waals surface area (Å²) in [5.74, 6) is 0.0463. The summed E-state index contributed by atoms with van der Waals surface area (Å²) >= 11 is 0. The van der Waals surface area contributed by atoms with Gasteiger partial charge in [0.25, 0.3) is 0 Å². The maximum Gasteiger partial charge on any atom is 0.162 e. The molecule has 0 unspecified atom stereocenters. The Morgan fingerprint density at radius 1 is 1.50 bits per heavy atom. The lowest BCUT2D eigenvalue weighted by atomic mass is 10.0. The van der Waals surface area contributed by atoms with Crippen molar-refractivity contribution in [3.8, 4) is 0 Å². The average Bonchev–Trinajstić information content (AvgIpc) is 2.03. The zero-order valence-electron chi connectivity index (χ0n) is 7.35. The number of rotatable bonds is 2. The molecule has 2 nitrogen and oxygen atoms in total. The second kappa shape index (κ2) is 3.39. The molecule has 0 saturated heterocycles. The highest BCUT2D eigenvalue weighted by Gasteiger charge is 2.07. The van der Waals surface area contributed by atoms with E-state index in [1.54, 1.807) is 14.0 Å². The predicted octanol–water partition coefficient (Wildman–Crippen LogP) is 2.11. The number of hydrogen-bond donors (Lipinski definition) is 1. The average molecular weight is 162 g/mol. The molecule has 0 heterocycles. The molecule has 0 aromatic heterocycles. The molecular formula is C10H12NO. The Kier molecular flexibility index (Phi) is 2.48. The molecule has 1 radical (unpaired) electrons. The van der Waals surface area contributed by atoms with Crippen LogP contribution in [0.3, 0.4) is 0 Å². The predicted molar refractivity (Wildman–Crippen MR) is 50.5 cm³/mol. The van der Waals surface area contributed by atoms with Crippen LogP contribution in [-0.2, 0) is 0 Å². The van der Waals surface area contributed by atoms with Crippen molar-refractivity contribution < 1.29 is 4.79 Å². The molecule has 0 saturated carbocycles. The lowest BCUT2D eigenvalue weighted by Crippen LogP contribution is -2.02. The maximum absolute atomic E-state index is 11.2. The van der Waals surface area contributed by atoms with Crippen molar-refractivity contribution in [3.05, 3.63) is 36.2 Å². The second-order valence-corrected chi connectivity index (χ2v) is 2.65. The molecule has 0 aliphatic carbocycles. The van der Waals surface area contributed by atoms with E-state index in [-0.39, 0.29) is 5.78 Å². The summed E-state index contributed by atoms with van der Waals surface area (Å²) < 4.78 is 0. The summed E-state index contributed by atoms with van der Waals surface area (Å²) in [6.07, 6.45) is 0. The van der Waals surface area contributed by atoms with Gasteiger partial charge in [0.05, 0.1) is 0 Å². The first kappa shape index (κ1) is 8.78. The molecule has 0 bridgehead atoms. The van der Waals surface area contributed by atoms with Gasteiger partial charge in [-0.3, -0.25) is 4.79 Å². The maximum atomic E-state index is 11.2. The van der Waals surface area contributed by atoms with Gasteiger partial charge in [-0.25, -0.2) is 0 Å². The van der Waals surface area contributed by atoms with E-state index in [1.807, 2.05) is 18.2 Å². The lowest BCUT2D eigenvalue weighted by molar-refractivity contribution is 0.101. The molecule has 12 heavy (non-hydrogen) atoms. The van der Waals surface area contributed by atoms with Crippen LogP contribution in [0.5, 0.6) is 0 Å². The first-order valence-electron chi connectivity index (χ1n) is 3.80. The van der Waals surface area contributed by atoms with Gasteiger partial charge in [-0.1, -0.05) is 12.1 Å². The third-order valence-corrected chi connectivity index (χ3v) is 1.77. The van der Waals surface area contributed by atoms with Gasteiger partial charge >= 0.3 is 0 Å². The number of benzene rings is 1. The normalized spacial score (nSPS) is 9.58. The molecule has 1 rings (SSSR count). The van der Waals surface area contributed by atoms with Crippen LogP contribution in [0, 0.1) is 6.92 Å². The molecule has 63 valence electrons. The minimum Gasteiger partial charge on any atom is -0.388 e. The van der Waals surface area contributed by atoms with Crippen molar-refractivity contribution >= 4 is 11.5 Å². The van der Waals surface area contributed by atoms with E-state index in [0.717, 1.165) is 11.3 Å². The van der Waals surface area contributed by atoms with E-state index in [1.165, 1.54) is 0 Å². The van der Waals surface area contributed by atoms with Crippen molar-refractivity contribution in [2.45, 2.75) is 6.92 Å². The van der Waals surface area contributed by atoms with Crippen LogP contribution >= 0.6 is 0 Å². The number of carbonyl (C=O) groups is 1. The van der Waals surface area contributed by atoms with Crippen LogP contribution in [0.1, 0.15) is 22.8 Å². The van der Waals surface area contributed by atoms with Crippen LogP contribution in [0.15, 0.2) is 18.2 Å². The molecule has 1 N–H and O–H groups in total. The van der Waals surface area contributed by atoms with Crippen LogP contribution in [0.4, 0.5) is 5.69 Å². The van der Waals surface area contributed by atoms with E-state index in [0.29, 0.717) is 5.56 Å². The number of ketones is 1. The molecule has 2 heteroatoms. The molecular weight excluding hydrogens is 150 g/mol. The van der Waals surface area contributed by atoms with E-state index in [9.17, 15) is 4.79 Å². The zero-order chi connectivity index (χ0) is 9.14. The van der Waals surface area contributed by atoms with Gasteiger partial charge in [0.2, 0.25) is 0 Å². The number of hydrogen-bond acceptors (Lipinski definition) is 2. The largest absolute Gasteiger partial charge is 0.388 e. The highest BCUT2D eigenvalue weighted by Crippen LogP contribution is 2.18. The highest BCUT2D eigenvalue weighted by molar-refractivity contribution is 6.01. The third-order valence-electron chi connectivity index (χ3n) is 1.77. The van der Waals surface area contributed by atoms with E-state index in [2.05, 4.69) is 12.2 Å². The third kappa shape index (κ3) is 1.47. The number of nitrogens with one attached hydrogen (secondary N) is 1. The number of Topliss-reactive ketones (excluding diaryl/α,β-unsaturated/α-hetero) is 1. The molecule has 0 aliphatic heterocycles. The Morgan fingerprint density at radius 2 is 2.17 bits per heavy atom. The topological polar surface area (TPSA) is 29.1 Å². The molecule has 0 spiro atoms. The van der Waals surface area contributed by atoms with Gasteiger partial charge in [-0.15, -0.1) is 0 Å². The van der Waals surface area contributed by atoms with E-state index < -0.39 is 0 Å². The molecule has 1 aromatic carbocycles. The molecule has 1 aromatic rings. The summed E-state index contributed by atoms with van der Waals surface area (Å²) in [6.45, 7) is 5.34. The second-order valence-electron chi connectivity index (χ2n) is 2.65. The smallest absolute Gasteiger partial charge is 0.162 e. The molecule has 0 fully saturated rings. The van der Waals surface area contributed by atoms with Gasteiger partial charge in [0, 0.05) is 18.3 Å². The van der Waals surface area contributed by atoms with Gasteiger partial charge in [0.1, 0.15) is 0 Å². The lowest BCUT2D eigenvalue weighted by Gasteiger charge is -2.08. The van der Waals surface area contributed by atoms with Gasteiger partial charge in [-0.2, -0.15) is 0 Å². The van der Waals surface area contributed by atoms with Crippen molar-refractivity contribution in [1.82, 2.24) is 0 Å². The van der Waals surface area contributed by atoms with E-state index >= 15 is 0 Å². The number of anilines is 1. The minimum atomic E-state index is 0.0463. The van der Waals surface area contributed by atoms with Crippen molar-refractivity contribution in [3.63, 3.8) is 0 Å². The van der Waals surface area contributed by atoms with Crippen LogP contribution in [-0.4, -0.2) is 12.8 Å². The van der Waals surface area contributed by atoms with Crippen LogP contribution in [0.25, 0.3) is 0 Å². The van der Waals surface area contributed by atoms with Crippen molar-refractivity contribution in [2.24, 2.45) is 0 Å². The summed E-state index contributed by atoms with van der Waals surface area (Å²) in [5, 5.41) is 2.96.